The molecule has 0 radical (unpaired) electrons. The molecule has 8 rings (SSSR count). The first-order valence-electron chi connectivity index (χ1n) is 18.5. The maximum atomic E-state index is 11.8. The van der Waals surface area contributed by atoms with Crippen LogP contribution in [0, 0.1) is 71.0 Å². The van der Waals surface area contributed by atoms with Gasteiger partial charge < -0.3 is 20.1 Å². The molecule has 6 nitrogen and oxygen atoms in total. The fraction of sp³-hybridized carbons (Fsp3) is 0.667. The first-order valence-corrected chi connectivity index (χ1v) is 18.5. The Kier molecular flexibility index (Phi) is 8.41. The van der Waals surface area contributed by atoms with Crippen LogP contribution >= 0.6 is 0 Å². The largest absolute Gasteiger partial charge is 0.508 e. The summed E-state index contributed by atoms with van der Waals surface area (Å²) in [6.07, 6.45) is 27.1. The van der Waals surface area contributed by atoms with E-state index < -0.39 is 23.8 Å². The van der Waals surface area contributed by atoms with E-state index >= 15 is 0 Å². The third-order valence-electron chi connectivity index (χ3n) is 15.2. The number of rotatable bonds is 2. The summed E-state index contributed by atoms with van der Waals surface area (Å²) in [6, 6.07) is 5.87. The van der Waals surface area contributed by atoms with Crippen LogP contribution in [0.5, 0.6) is 5.75 Å². The Morgan fingerprint density at radius 1 is 0.854 bits per heavy atom. The minimum atomic E-state index is -0.919. The number of hydrogen-bond acceptors (Lipinski definition) is 6. The molecule has 4 unspecified atom stereocenters. The molecule has 1 aromatic carbocycles. The number of ether oxygens (including phenoxy) is 1. The van der Waals surface area contributed by atoms with Crippen LogP contribution in [0.3, 0.4) is 0 Å². The summed E-state index contributed by atoms with van der Waals surface area (Å²) in [7, 11) is 0. The number of aliphatic hydroxyl groups is 2. The van der Waals surface area contributed by atoms with Gasteiger partial charge in [0.05, 0.1) is 0 Å². The van der Waals surface area contributed by atoms with Crippen LogP contribution in [0.4, 0.5) is 0 Å². The lowest BCUT2D eigenvalue weighted by Crippen LogP contribution is -2.54. The molecule has 0 saturated heterocycles. The summed E-state index contributed by atoms with van der Waals surface area (Å²) in [5, 5.41) is 29.8. The van der Waals surface area contributed by atoms with Crippen LogP contribution < -0.4 is 0 Å². The molecule has 0 spiro atoms. The van der Waals surface area contributed by atoms with E-state index in [2.05, 4.69) is 31.8 Å². The molecule has 1 aromatic rings. The Hall–Kier alpha value is -3.06. The van der Waals surface area contributed by atoms with Gasteiger partial charge in [-0.15, -0.1) is 12.8 Å². The number of carbonyl (C=O) groups is 2. The number of fused-ring (bicyclic) bond motifs is 10. The number of phenolic OH excluding ortho intramolecular Hbond substituents is 1. The molecule has 0 amide bonds. The standard InChI is InChI=1S/C22H28O4.C20H24O2/c1-3-22(26-20(25)13-23)11-9-19-18-6-4-14-12-15(24)5-7-16(14)17(18)8-10-21(19,22)2;1-3-20(22)11-9-18-17-6-4-13-12-14(21)5-7-15(13)16(17)8-10-19(18,20)2/h1,12,16-19,23H,4-11,13H2,2H3;1,5,7,12,16-18,21-22H,4,6,8-11H2,2H3/t16?,17?,18?,19?,21-,22-;16-,17-,18+,19+,20+/m01/s1. The third-order valence-corrected chi connectivity index (χ3v) is 15.2. The molecule has 0 aromatic heterocycles. The van der Waals surface area contributed by atoms with E-state index in [9.17, 15) is 19.8 Å². The number of benzene rings is 1. The zero-order chi connectivity index (χ0) is 34.1. The summed E-state index contributed by atoms with van der Waals surface area (Å²) < 4.78 is 5.69. The van der Waals surface area contributed by atoms with Gasteiger partial charge in [0, 0.05) is 17.3 Å². The minimum absolute atomic E-state index is 0.128. The molecule has 7 aliphatic rings. The average Bonchev–Trinajstić information content (AvgIpc) is 3.54. The van der Waals surface area contributed by atoms with Crippen molar-refractivity contribution in [3.05, 3.63) is 41.0 Å². The number of allylic oxidation sites excluding steroid dienone is 1. The minimum Gasteiger partial charge on any atom is -0.508 e. The Labute approximate surface area is 286 Å². The molecule has 5 saturated carbocycles. The molecule has 0 heterocycles. The Morgan fingerprint density at radius 2 is 1.58 bits per heavy atom. The van der Waals surface area contributed by atoms with E-state index in [1.807, 2.05) is 18.2 Å². The number of hydrogen-bond donors (Lipinski definition) is 3. The van der Waals surface area contributed by atoms with Gasteiger partial charge in [-0.2, -0.15) is 0 Å². The molecule has 256 valence electrons. The number of aryl methyl sites for hydroxylation is 1. The Morgan fingerprint density at radius 3 is 2.33 bits per heavy atom. The van der Waals surface area contributed by atoms with Gasteiger partial charge in [-0.3, -0.25) is 4.79 Å². The Balaban J connectivity index is 0.000000154. The number of aromatic hydroxyl groups is 1. The van der Waals surface area contributed by atoms with Crippen molar-refractivity contribution in [3.63, 3.8) is 0 Å². The van der Waals surface area contributed by atoms with Crippen molar-refractivity contribution in [2.24, 2.45) is 46.3 Å². The maximum Gasteiger partial charge on any atom is 0.333 e. The first-order chi connectivity index (χ1) is 22.9. The van der Waals surface area contributed by atoms with Gasteiger partial charge in [0.25, 0.3) is 0 Å². The number of terminal acetylenes is 2. The van der Waals surface area contributed by atoms with Crippen molar-refractivity contribution >= 4 is 11.8 Å². The van der Waals surface area contributed by atoms with Crippen molar-refractivity contribution < 1.29 is 29.6 Å². The lowest BCUT2D eigenvalue weighted by Gasteiger charge is -2.55. The zero-order valence-electron chi connectivity index (χ0n) is 28.7. The average molecular weight is 653 g/mol. The van der Waals surface area contributed by atoms with Gasteiger partial charge in [0.15, 0.2) is 11.4 Å². The summed E-state index contributed by atoms with van der Waals surface area (Å²) >= 11 is 0. The van der Waals surface area contributed by atoms with Crippen LogP contribution in [0.25, 0.3) is 0 Å². The van der Waals surface area contributed by atoms with Crippen molar-refractivity contribution in [2.75, 3.05) is 6.61 Å². The molecule has 48 heavy (non-hydrogen) atoms. The molecule has 0 bridgehead atoms. The van der Waals surface area contributed by atoms with E-state index in [0.29, 0.717) is 65.8 Å². The van der Waals surface area contributed by atoms with Crippen molar-refractivity contribution in [3.8, 4) is 30.4 Å². The van der Waals surface area contributed by atoms with Gasteiger partial charge in [-0.25, -0.2) is 4.79 Å². The lowest BCUT2D eigenvalue weighted by molar-refractivity contribution is -0.173. The van der Waals surface area contributed by atoms with Crippen LogP contribution in [-0.2, 0) is 20.7 Å². The monoisotopic (exact) mass is 652 g/mol. The van der Waals surface area contributed by atoms with Crippen LogP contribution in [0.1, 0.15) is 114 Å². The maximum absolute atomic E-state index is 11.8. The van der Waals surface area contributed by atoms with Gasteiger partial charge >= 0.3 is 5.97 Å². The molecule has 6 heteroatoms. The van der Waals surface area contributed by atoms with E-state index in [1.165, 1.54) is 16.7 Å². The van der Waals surface area contributed by atoms with E-state index in [-0.39, 0.29) is 10.8 Å². The van der Waals surface area contributed by atoms with Gasteiger partial charge in [-0.1, -0.05) is 37.3 Å². The Bertz CT molecular complexity index is 1600. The lowest BCUT2D eigenvalue weighted by atomic mass is 9.50. The van der Waals surface area contributed by atoms with Crippen LogP contribution in [0.15, 0.2) is 29.8 Å². The predicted octanol–water partition coefficient (Wildman–Crippen LogP) is 6.65. The van der Waals surface area contributed by atoms with Gasteiger partial charge in [-0.05, 0) is 154 Å². The smallest absolute Gasteiger partial charge is 0.333 e. The fourth-order valence-corrected chi connectivity index (χ4v) is 12.7. The fourth-order valence-electron chi connectivity index (χ4n) is 12.7. The van der Waals surface area contributed by atoms with Crippen LogP contribution in [-0.4, -0.2) is 44.9 Å². The summed E-state index contributed by atoms with van der Waals surface area (Å²) in [5.74, 6) is 9.54. The zero-order valence-corrected chi connectivity index (χ0v) is 28.7. The summed E-state index contributed by atoms with van der Waals surface area (Å²) in [4.78, 5) is 23.6. The summed E-state index contributed by atoms with van der Waals surface area (Å²) in [5.41, 5.74) is 1.96. The van der Waals surface area contributed by atoms with Gasteiger partial charge in [0.2, 0.25) is 0 Å². The van der Waals surface area contributed by atoms with E-state index in [0.717, 1.165) is 77.0 Å². The number of phenols is 1. The van der Waals surface area contributed by atoms with Gasteiger partial charge in [0.1, 0.15) is 18.0 Å². The normalized spacial score (nSPS) is 43.6. The number of aliphatic hydroxyl groups excluding tert-OH is 1. The molecule has 3 N–H and O–H groups in total. The summed E-state index contributed by atoms with van der Waals surface area (Å²) in [6.45, 7) is 3.79. The highest BCUT2D eigenvalue weighted by atomic mass is 16.6. The topological polar surface area (TPSA) is 104 Å². The molecule has 0 aliphatic heterocycles. The van der Waals surface area contributed by atoms with E-state index in [4.69, 9.17) is 22.7 Å². The molecule has 7 aliphatic carbocycles. The van der Waals surface area contributed by atoms with E-state index in [1.54, 1.807) is 0 Å². The molecule has 11 atom stereocenters. The SMILES string of the molecule is C#C[C@]1(O)CC[C@H]2[C@@H]3CCc4cc(O)ccc4[C@H]3CC[C@@]21C.C#C[C@]1(OC(=O)CO)CCC2C3CCC4=CC(=O)CCC4C3CC[C@@]21C. The predicted molar refractivity (Wildman–Crippen MR) is 183 cm³/mol. The second kappa shape index (κ2) is 12.1. The van der Waals surface area contributed by atoms with Crippen LogP contribution in [0.2, 0.25) is 0 Å². The number of esters is 1. The molecule has 5 fully saturated rings. The highest BCUT2D eigenvalue weighted by molar-refractivity contribution is 5.91. The second-order valence-corrected chi connectivity index (χ2v) is 16.7. The van der Waals surface area contributed by atoms with Crippen molar-refractivity contribution in [1.29, 1.82) is 0 Å². The first kappa shape index (κ1) is 33.4. The highest BCUT2D eigenvalue weighted by Gasteiger charge is 2.64. The number of carbonyl (C=O) groups excluding carboxylic acids is 2. The second-order valence-electron chi connectivity index (χ2n) is 16.7. The quantitative estimate of drug-likeness (QED) is 0.244. The molecular formula is C42H52O6. The third kappa shape index (κ3) is 4.92. The number of ketones is 1. The van der Waals surface area contributed by atoms with Crippen molar-refractivity contribution in [2.45, 2.75) is 121 Å². The molecular weight excluding hydrogens is 600 g/mol. The highest BCUT2D eigenvalue weighted by Crippen LogP contribution is 2.66. The van der Waals surface area contributed by atoms with Crippen molar-refractivity contribution in [1.82, 2.24) is 0 Å².